The molecule has 1 aliphatic heterocycles. The van der Waals surface area contributed by atoms with Gasteiger partial charge in [-0.25, -0.2) is 0 Å². The summed E-state index contributed by atoms with van der Waals surface area (Å²) in [7, 11) is 0. The molecule has 2 aromatic rings. The van der Waals surface area contributed by atoms with Gasteiger partial charge in [0.15, 0.2) is 0 Å². The first kappa shape index (κ1) is 13.5. The van der Waals surface area contributed by atoms with Crippen molar-refractivity contribution in [3.63, 3.8) is 0 Å². The Morgan fingerprint density at radius 2 is 2.40 bits per heavy atom. The maximum absolute atomic E-state index is 12.1. The second-order valence-corrected chi connectivity index (χ2v) is 5.93. The largest absolute Gasteiger partial charge is 0.379 e. The molecule has 0 radical (unpaired) electrons. The van der Waals surface area contributed by atoms with Gasteiger partial charge in [-0.1, -0.05) is 6.07 Å². The number of carbonyl (C=O) groups excluding carboxylic acids is 1. The van der Waals surface area contributed by atoms with Gasteiger partial charge in [-0.3, -0.25) is 4.79 Å². The van der Waals surface area contributed by atoms with E-state index in [0.717, 1.165) is 12.1 Å². The van der Waals surface area contributed by atoms with Crippen LogP contribution in [0.3, 0.4) is 0 Å². The van der Waals surface area contributed by atoms with Gasteiger partial charge >= 0.3 is 0 Å². The first-order chi connectivity index (χ1) is 9.83. The topological polar surface area (TPSA) is 50.4 Å². The van der Waals surface area contributed by atoms with E-state index in [1.807, 2.05) is 0 Å². The Hall–Kier alpha value is -1.43. The lowest BCUT2D eigenvalue weighted by molar-refractivity contribution is -0.126. The van der Waals surface area contributed by atoms with Crippen molar-refractivity contribution in [3.05, 3.63) is 35.2 Å². The summed E-state index contributed by atoms with van der Waals surface area (Å²) in [5.41, 5.74) is 1.13. The molecule has 1 aromatic carbocycles. The molecule has 1 aliphatic rings. The molecule has 1 saturated heterocycles. The van der Waals surface area contributed by atoms with Crippen molar-refractivity contribution in [2.45, 2.75) is 6.54 Å². The third kappa shape index (κ3) is 3.17. The minimum absolute atomic E-state index is 0.0600. The molecule has 1 amide bonds. The van der Waals surface area contributed by atoms with Crippen LogP contribution in [0.2, 0.25) is 0 Å². The molecule has 0 spiro atoms. The van der Waals surface area contributed by atoms with Crippen LogP contribution < -0.4 is 10.6 Å². The monoisotopic (exact) mass is 290 g/mol. The van der Waals surface area contributed by atoms with E-state index < -0.39 is 0 Å². The highest BCUT2D eigenvalue weighted by atomic mass is 32.1. The maximum atomic E-state index is 12.1. The van der Waals surface area contributed by atoms with Crippen LogP contribution >= 0.6 is 11.3 Å². The number of nitrogens with one attached hydrogen (secondary N) is 2. The lowest BCUT2D eigenvalue weighted by atomic mass is 10.1. The van der Waals surface area contributed by atoms with Crippen LogP contribution in [0, 0.1) is 5.92 Å². The minimum Gasteiger partial charge on any atom is -0.379 e. The molecule has 0 bridgehead atoms. The van der Waals surface area contributed by atoms with E-state index in [-0.39, 0.29) is 11.8 Å². The smallest absolute Gasteiger partial charge is 0.226 e. The highest BCUT2D eigenvalue weighted by Crippen LogP contribution is 2.21. The Morgan fingerprint density at radius 3 is 3.35 bits per heavy atom. The second-order valence-electron chi connectivity index (χ2n) is 4.99. The molecule has 1 atom stereocenters. The van der Waals surface area contributed by atoms with Gasteiger partial charge in [-0.05, 0) is 34.5 Å². The first-order valence-electron chi connectivity index (χ1n) is 6.85. The number of amides is 1. The number of benzene rings is 1. The summed E-state index contributed by atoms with van der Waals surface area (Å²) in [6, 6.07) is 8.42. The van der Waals surface area contributed by atoms with E-state index in [9.17, 15) is 4.79 Å². The molecule has 1 fully saturated rings. The summed E-state index contributed by atoms with van der Waals surface area (Å²) in [6.45, 7) is 3.26. The van der Waals surface area contributed by atoms with Gasteiger partial charge in [0.2, 0.25) is 5.91 Å². The number of carbonyl (C=O) groups is 1. The first-order valence-corrected chi connectivity index (χ1v) is 7.73. The Kier molecular flexibility index (Phi) is 4.30. The highest BCUT2D eigenvalue weighted by Gasteiger charge is 2.20. The molecule has 106 valence electrons. The fourth-order valence-corrected chi connectivity index (χ4v) is 3.10. The van der Waals surface area contributed by atoms with Crippen molar-refractivity contribution in [2.75, 3.05) is 26.3 Å². The van der Waals surface area contributed by atoms with Crippen molar-refractivity contribution in [2.24, 2.45) is 5.92 Å². The van der Waals surface area contributed by atoms with Crippen LogP contribution in [0.4, 0.5) is 0 Å². The predicted octanol–water partition coefficient (Wildman–Crippen LogP) is 1.75. The van der Waals surface area contributed by atoms with E-state index in [1.165, 1.54) is 10.1 Å². The van der Waals surface area contributed by atoms with Crippen molar-refractivity contribution < 1.29 is 9.53 Å². The van der Waals surface area contributed by atoms with Crippen LogP contribution in [0.25, 0.3) is 10.1 Å². The summed E-state index contributed by atoms with van der Waals surface area (Å²) in [6.07, 6.45) is 0. The van der Waals surface area contributed by atoms with Gasteiger partial charge in [0.05, 0.1) is 19.1 Å². The standard InChI is InChI=1S/C15H18N2O2S/c18-15(13-9-16-4-5-19-10-13)17-8-11-1-2-14-12(7-11)3-6-20-14/h1-3,6-7,13,16H,4-5,8-10H2,(H,17,18). The summed E-state index contributed by atoms with van der Waals surface area (Å²) in [4.78, 5) is 12.1. The third-order valence-corrected chi connectivity index (χ3v) is 4.39. The number of fused-ring (bicyclic) bond motifs is 1. The summed E-state index contributed by atoms with van der Waals surface area (Å²) >= 11 is 1.73. The Morgan fingerprint density at radius 1 is 1.45 bits per heavy atom. The fraction of sp³-hybridized carbons (Fsp3) is 0.400. The molecule has 2 N–H and O–H groups in total. The van der Waals surface area contributed by atoms with Crippen molar-refractivity contribution in [1.29, 1.82) is 0 Å². The summed E-state index contributed by atoms with van der Waals surface area (Å²) in [5.74, 6) is -0.0350. The number of thiophene rings is 1. The fourth-order valence-electron chi connectivity index (χ4n) is 2.33. The molecule has 1 unspecified atom stereocenters. The van der Waals surface area contributed by atoms with Crippen LogP contribution in [0.15, 0.2) is 29.6 Å². The maximum Gasteiger partial charge on any atom is 0.226 e. The zero-order valence-corrected chi connectivity index (χ0v) is 12.0. The molecule has 0 saturated carbocycles. The Bertz CT molecular complexity index is 588. The quantitative estimate of drug-likeness (QED) is 0.905. The van der Waals surface area contributed by atoms with Gasteiger partial charge in [-0.2, -0.15) is 0 Å². The van der Waals surface area contributed by atoms with Gasteiger partial charge < -0.3 is 15.4 Å². The molecule has 1 aromatic heterocycles. The zero-order valence-electron chi connectivity index (χ0n) is 11.2. The van der Waals surface area contributed by atoms with E-state index in [4.69, 9.17) is 4.74 Å². The number of hydrogen-bond acceptors (Lipinski definition) is 4. The molecule has 2 heterocycles. The predicted molar refractivity (Wildman–Crippen MR) is 80.9 cm³/mol. The van der Waals surface area contributed by atoms with Crippen molar-refractivity contribution in [3.8, 4) is 0 Å². The molecular formula is C15H18N2O2S. The van der Waals surface area contributed by atoms with E-state index in [2.05, 4.69) is 40.3 Å². The van der Waals surface area contributed by atoms with Gasteiger partial charge in [0.25, 0.3) is 0 Å². The Labute approximate surface area is 122 Å². The molecule has 4 nitrogen and oxygen atoms in total. The van der Waals surface area contributed by atoms with E-state index in [0.29, 0.717) is 26.3 Å². The van der Waals surface area contributed by atoms with E-state index >= 15 is 0 Å². The van der Waals surface area contributed by atoms with Gasteiger partial charge in [0, 0.05) is 24.3 Å². The SMILES string of the molecule is O=C(NCc1ccc2sccc2c1)C1CNCCOC1. The minimum atomic E-state index is -0.0950. The van der Waals surface area contributed by atoms with Crippen LogP contribution in [0.1, 0.15) is 5.56 Å². The lowest BCUT2D eigenvalue weighted by Gasteiger charge is -2.14. The van der Waals surface area contributed by atoms with Crippen molar-refractivity contribution >= 4 is 27.3 Å². The van der Waals surface area contributed by atoms with Crippen molar-refractivity contribution in [1.82, 2.24) is 10.6 Å². The number of hydrogen-bond donors (Lipinski definition) is 2. The number of ether oxygens (including phenoxy) is 1. The molecule has 20 heavy (non-hydrogen) atoms. The Balaban J connectivity index is 1.58. The molecule has 3 rings (SSSR count). The zero-order chi connectivity index (χ0) is 13.8. The molecule has 5 heteroatoms. The summed E-state index contributed by atoms with van der Waals surface area (Å²) < 4.78 is 6.68. The summed E-state index contributed by atoms with van der Waals surface area (Å²) in [5, 5.41) is 9.53. The average Bonchev–Trinajstić information content (AvgIpc) is 2.76. The highest BCUT2D eigenvalue weighted by molar-refractivity contribution is 7.17. The third-order valence-electron chi connectivity index (χ3n) is 3.49. The lowest BCUT2D eigenvalue weighted by Crippen LogP contribution is -2.37. The van der Waals surface area contributed by atoms with E-state index in [1.54, 1.807) is 11.3 Å². The number of rotatable bonds is 3. The van der Waals surface area contributed by atoms with Crippen LogP contribution in [-0.2, 0) is 16.1 Å². The van der Waals surface area contributed by atoms with Crippen LogP contribution in [-0.4, -0.2) is 32.2 Å². The molecule has 0 aliphatic carbocycles. The van der Waals surface area contributed by atoms with Gasteiger partial charge in [0.1, 0.15) is 0 Å². The second kappa shape index (κ2) is 6.35. The normalized spacial score (nSPS) is 19.7. The van der Waals surface area contributed by atoms with Gasteiger partial charge in [-0.15, -0.1) is 11.3 Å². The average molecular weight is 290 g/mol. The van der Waals surface area contributed by atoms with Crippen LogP contribution in [0.5, 0.6) is 0 Å². The molecular weight excluding hydrogens is 272 g/mol.